The molecule has 25 heavy (non-hydrogen) atoms. The van der Waals surface area contributed by atoms with Gasteiger partial charge in [-0.3, -0.25) is 0 Å². The molecule has 0 aliphatic rings. The van der Waals surface area contributed by atoms with Crippen LogP contribution in [0, 0.1) is 0 Å². The van der Waals surface area contributed by atoms with Crippen LogP contribution in [0.3, 0.4) is 0 Å². The van der Waals surface area contributed by atoms with Crippen LogP contribution in [0.4, 0.5) is 0 Å². The molecule has 5 rings (SSSR count). The van der Waals surface area contributed by atoms with Crippen LogP contribution in [0.15, 0.2) is 59.0 Å². The highest BCUT2D eigenvalue weighted by atomic mass is 16.3. The van der Waals surface area contributed by atoms with Crippen molar-refractivity contribution in [1.29, 1.82) is 0 Å². The summed E-state index contributed by atoms with van der Waals surface area (Å²) in [5, 5.41) is 4.94. The summed E-state index contributed by atoms with van der Waals surface area (Å²) in [6.07, 6.45) is 0. The highest BCUT2D eigenvalue weighted by Gasteiger charge is 2.25. The van der Waals surface area contributed by atoms with Crippen LogP contribution in [-0.4, -0.2) is 4.57 Å². The molecule has 0 atom stereocenters. The van der Waals surface area contributed by atoms with Gasteiger partial charge in [0.05, 0.1) is 10.9 Å². The van der Waals surface area contributed by atoms with Crippen molar-refractivity contribution in [2.24, 2.45) is 7.05 Å². The Labute approximate surface area is 146 Å². The Hall–Kier alpha value is -2.74. The molecular weight excluding hydrogens is 306 g/mol. The molecule has 2 heteroatoms. The van der Waals surface area contributed by atoms with Crippen molar-refractivity contribution in [2.45, 2.75) is 26.2 Å². The van der Waals surface area contributed by atoms with Gasteiger partial charge in [-0.25, -0.2) is 0 Å². The minimum absolute atomic E-state index is 0.0372. The Morgan fingerprint density at radius 2 is 1.48 bits per heavy atom. The van der Waals surface area contributed by atoms with Gasteiger partial charge < -0.3 is 8.98 Å². The van der Waals surface area contributed by atoms with E-state index in [0.29, 0.717) is 0 Å². The Kier molecular flexibility index (Phi) is 2.72. The molecule has 2 aromatic heterocycles. The third kappa shape index (κ3) is 1.85. The fraction of sp³-hybridized carbons (Fsp3) is 0.217. The standard InChI is InChI=1S/C23H21NO/c1-23(2,3)16-13-18-21(14-9-5-7-11-17(14)24(18)4)22-20(16)15-10-6-8-12-19(15)25-22/h5-13H,1-4H3. The molecule has 2 nitrogen and oxygen atoms in total. The van der Waals surface area contributed by atoms with Crippen LogP contribution in [0.1, 0.15) is 26.3 Å². The van der Waals surface area contributed by atoms with Crippen LogP contribution in [0.2, 0.25) is 0 Å². The summed E-state index contributed by atoms with van der Waals surface area (Å²) in [6.45, 7) is 6.83. The third-order valence-corrected chi connectivity index (χ3v) is 5.33. The van der Waals surface area contributed by atoms with Gasteiger partial charge in [-0.15, -0.1) is 0 Å². The average Bonchev–Trinajstić information content (AvgIpc) is 3.10. The lowest BCUT2D eigenvalue weighted by Crippen LogP contribution is -2.11. The van der Waals surface area contributed by atoms with E-state index in [4.69, 9.17) is 4.42 Å². The molecule has 0 N–H and O–H groups in total. The van der Waals surface area contributed by atoms with Crippen molar-refractivity contribution in [3.05, 3.63) is 60.2 Å². The van der Waals surface area contributed by atoms with E-state index in [1.54, 1.807) is 0 Å². The number of fused-ring (bicyclic) bond motifs is 7. The average molecular weight is 327 g/mol. The van der Waals surface area contributed by atoms with Crippen LogP contribution in [0.5, 0.6) is 0 Å². The van der Waals surface area contributed by atoms with Crippen molar-refractivity contribution in [3.8, 4) is 0 Å². The highest BCUT2D eigenvalue weighted by Crippen LogP contribution is 2.43. The summed E-state index contributed by atoms with van der Waals surface area (Å²) in [6, 6.07) is 19.3. The molecule has 0 aliphatic heterocycles. The Balaban J connectivity index is 2.16. The fourth-order valence-electron chi connectivity index (χ4n) is 4.11. The van der Waals surface area contributed by atoms with Crippen LogP contribution < -0.4 is 0 Å². The smallest absolute Gasteiger partial charge is 0.145 e. The van der Waals surface area contributed by atoms with Crippen LogP contribution in [0.25, 0.3) is 43.7 Å². The molecule has 0 spiro atoms. The maximum absolute atomic E-state index is 6.41. The maximum Gasteiger partial charge on any atom is 0.145 e. The Morgan fingerprint density at radius 1 is 0.800 bits per heavy atom. The van der Waals surface area contributed by atoms with Gasteiger partial charge in [0.15, 0.2) is 0 Å². The fourth-order valence-corrected chi connectivity index (χ4v) is 4.11. The second-order valence-corrected chi connectivity index (χ2v) is 7.95. The number of para-hydroxylation sites is 2. The second kappa shape index (κ2) is 4.66. The van der Waals surface area contributed by atoms with E-state index in [1.807, 2.05) is 6.07 Å². The van der Waals surface area contributed by atoms with E-state index in [-0.39, 0.29) is 5.41 Å². The molecule has 0 saturated heterocycles. The molecule has 0 fully saturated rings. The van der Waals surface area contributed by atoms with Crippen molar-refractivity contribution in [3.63, 3.8) is 0 Å². The summed E-state index contributed by atoms with van der Waals surface area (Å²) in [7, 11) is 2.14. The van der Waals surface area contributed by atoms with Gasteiger partial charge in [0.1, 0.15) is 11.2 Å². The summed E-state index contributed by atoms with van der Waals surface area (Å²) in [5.74, 6) is 0. The minimum Gasteiger partial charge on any atom is -0.455 e. The van der Waals surface area contributed by atoms with Gasteiger partial charge in [-0.2, -0.15) is 0 Å². The van der Waals surface area contributed by atoms with E-state index >= 15 is 0 Å². The number of hydrogen-bond donors (Lipinski definition) is 0. The first-order valence-corrected chi connectivity index (χ1v) is 8.78. The van der Waals surface area contributed by atoms with E-state index in [0.717, 1.165) is 11.2 Å². The van der Waals surface area contributed by atoms with Gasteiger partial charge in [-0.1, -0.05) is 57.2 Å². The predicted molar refractivity (Wildman–Crippen MR) is 106 cm³/mol. The first-order valence-electron chi connectivity index (χ1n) is 8.78. The molecule has 3 aromatic carbocycles. The van der Waals surface area contributed by atoms with Crippen molar-refractivity contribution >= 4 is 43.7 Å². The van der Waals surface area contributed by atoms with Gasteiger partial charge >= 0.3 is 0 Å². The van der Waals surface area contributed by atoms with Gasteiger partial charge in [-0.05, 0) is 29.2 Å². The van der Waals surface area contributed by atoms with E-state index in [1.165, 1.54) is 38.1 Å². The first kappa shape index (κ1) is 14.6. The molecule has 5 aromatic rings. The molecular formula is C23H21NO. The molecule has 0 bridgehead atoms. The molecule has 0 saturated carbocycles. The molecule has 124 valence electrons. The molecule has 0 amide bonds. The van der Waals surface area contributed by atoms with Crippen molar-refractivity contribution < 1.29 is 4.42 Å². The lowest BCUT2D eigenvalue weighted by Gasteiger charge is -2.21. The van der Waals surface area contributed by atoms with E-state index in [2.05, 4.69) is 80.9 Å². The topological polar surface area (TPSA) is 18.1 Å². The SMILES string of the molecule is Cn1c2ccccc2c2c3oc4ccccc4c3c(C(C)(C)C)cc21. The third-order valence-electron chi connectivity index (χ3n) is 5.33. The number of aryl methyl sites for hydroxylation is 1. The predicted octanol–water partition coefficient (Wildman–Crippen LogP) is 6.53. The Bertz CT molecular complexity index is 1280. The lowest BCUT2D eigenvalue weighted by atomic mass is 9.83. The Morgan fingerprint density at radius 3 is 2.24 bits per heavy atom. The first-order chi connectivity index (χ1) is 12.0. The lowest BCUT2D eigenvalue weighted by molar-refractivity contribution is 0.595. The molecule has 0 radical (unpaired) electrons. The second-order valence-electron chi connectivity index (χ2n) is 7.95. The highest BCUT2D eigenvalue weighted by molar-refractivity contribution is 6.24. The summed E-state index contributed by atoms with van der Waals surface area (Å²) >= 11 is 0. The number of aromatic nitrogens is 1. The largest absolute Gasteiger partial charge is 0.455 e. The normalized spacial score (nSPS) is 12.8. The monoisotopic (exact) mass is 327 g/mol. The van der Waals surface area contributed by atoms with Crippen molar-refractivity contribution in [2.75, 3.05) is 0 Å². The summed E-state index contributed by atoms with van der Waals surface area (Å²) in [5.41, 5.74) is 5.83. The summed E-state index contributed by atoms with van der Waals surface area (Å²) in [4.78, 5) is 0. The van der Waals surface area contributed by atoms with Crippen LogP contribution in [-0.2, 0) is 12.5 Å². The number of rotatable bonds is 0. The zero-order chi connectivity index (χ0) is 17.3. The molecule has 0 aliphatic carbocycles. The zero-order valence-electron chi connectivity index (χ0n) is 15.1. The number of furan rings is 1. The van der Waals surface area contributed by atoms with Gasteiger partial charge in [0, 0.05) is 28.7 Å². The molecule has 0 unspecified atom stereocenters. The number of benzene rings is 3. The number of nitrogens with zero attached hydrogens (tertiary/aromatic N) is 1. The van der Waals surface area contributed by atoms with E-state index in [9.17, 15) is 0 Å². The summed E-state index contributed by atoms with van der Waals surface area (Å²) < 4.78 is 8.69. The zero-order valence-corrected chi connectivity index (χ0v) is 15.1. The van der Waals surface area contributed by atoms with Gasteiger partial charge in [0.25, 0.3) is 0 Å². The maximum atomic E-state index is 6.41. The van der Waals surface area contributed by atoms with E-state index < -0.39 is 0 Å². The van der Waals surface area contributed by atoms with Crippen LogP contribution >= 0.6 is 0 Å². The minimum atomic E-state index is 0.0372. The van der Waals surface area contributed by atoms with Gasteiger partial charge in [0.2, 0.25) is 0 Å². The number of hydrogen-bond acceptors (Lipinski definition) is 1. The quantitative estimate of drug-likeness (QED) is 0.316. The molecule has 2 heterocycles. The van der Waals surface area contributed by atoms with Crippen molar-refractivity contribution in [1.82, 2.24) is 4.57 Å².